The van der Waals surface area contributed by atoms with E-state index in [0.29, 0.717) is 60.5 Å². The average molecular weight is 554 g/mol. The van der Waals surface area contributed by atoms with Crippen molar-refractivity contribution >= 4 is 29.1 Å². The van der Waals surface area contributed by atoms with Crippen molar-refractivity contribution < 1.29 is 23.8 Å². The summed E-state index contributed by atoms with van der Waals surface area (Å²) < 4.78 is 11.0. The molecule has 1 amide bonds. The van der Waals surface area contributed by atoms with Crippen LogP contribution in [0, 0.1) is 0 Å². The molecule has 206 valence electrons. The molecule has 2 aromatic heterocycles. The van der Waals surface area contributed by atoms with Gasteiger partial charge < -0.3 is 24.5 Å². The number of hydrogen-bond acceptors (Lipinski definition) is 9. The molecule has 0 radical (unpaired) electrons. The monoisotopic (exact) mass is 553 g/mol. The molecule has 0 bridgehead atoms. The fraction of sp³-hybridized carbons (Fsp3) is 0.429. The Balaban J connectivity index is 1.08. The van der Waals surface area contributed by atoms with Crippen LogP contribution in [0.25, 0.3) is 0 Å². The van der Waals surface area contributed by atoms with Gasteiger partial charge in [0.25, 0.3) is 0 Å². The Bertz CT molecular complexity index is 1310. The summed E-state index contributed by atoms with van der Waals surface area (Å²) in [5, 5.41) is 14.6. The molecule has 1 atom stereocenters. The van der Waals surface area contributed by atoms with Gasteiger partial charge >= 0.3 is 0 Å². The second-order valence-electron chi connectivity index (χ2n) is 10.1. The van der Waals surface area contributed by atoms with Gasteiger partial charge in [-0.25, -0.2) is 9.97 Å². The van der Waals surface area contributed by atoms with Crippen LogP contribution in [0.4, 0.5) is 5.82 Å². The molecule has 4 heterocycles. The van der Waals surface area contributed by atoms with Gasteiger partial charge in [0.1, 0.15) is 18.2 Å². The number of anilines is 1. The standard InChI is InChI=1S/C28H32ClN5O5/c1-18(35)34-13-21(14-34)32-27-10-19(6-8-31-27)25(37)4-3-22(36)15-33-9-7-24-20(12-33)2-5-26(28(24)29)38-16-23-11-30-17-39-23/h2,5-6,8,10-11,17,21-22,36H,3-4,7,9,12-16H2,1H3,(H,31,32)/t22-/m0/s1. The van der Waals surface area contributed by atoms with Crippen LogP contribution in [0.15, 0.2) is 47.5 Å². The number of β-amino-alcohol motifs (C(OH)–C–C–N with tert-alkyl or cyclic N) is 1. The maximum Gasteiger partial charge on any atom is 0.219 e. The molecule has 1 aromatic carbocycles. The number of nitrogens with one attached hydrogen (secondary N) is 1. The number of fused-ring (bicyclic) bond motifs is 1. The minimum absolute atomic E-state index is 0.0351. The summed E-state index contributed by atoms with van der Waals surface area (Å²) in [4.78, 5) is 36.3. The number of carbonyl (C=O) groups is 2. The Kier molecular flexibility index (Phi) is 8.44. The number of ether oxygens (including phenoxy) is 1. The summed E-state index contributed by atoms with van der Waals surface area (Å²) in [5.41, 5.74) is 2.73. The van der Waals surface area contributed by atoms with E-state index in [1.807, 2.05) is 12.1 Å². The van der Waals surface area contributed by atoms with E-state index in [1.165, 1.54) is 6.39 Å². The van der Waals surface area contributed by atoms with Crippen molar-refractivity contribution in [2.24, 2.45) is 0 Å². The van der Waals surface area contributed by atoms with E-state index < -0.39 is 6.10 Å². The van der Waals surface area contributed by atoms with Crippen LogP contribution >= 0.6 is 11.6 Å². The van der Waals surface area contributed by atoms with Crippen LogP contribution in [-0.4, -0.2) is 74.9 Å². The van der Waals surface area contributed by atoms with Gasteiger partial charge in [-0.05, 0) is 42.2 Å². The molecule has 2 aliphatic heterocycles. The quantitative estimate of drug-likeness (QED) is 0.344. The highest BCUT2D eigenvalue weighted by molar-refractivity contribution is 6.33. The van der Waals surface area contributed by atoms with E-state index in [0.717, 1.165) is 24.1 Å². The molecule has 2 N–H and O–H groups in total. The summed E-state index contributed by atoms with van der Waals surface area (Å²) in [7, 11) is 0. The number of aliphatic hydroxyl groups excluding tert-OH is 1. The van der Waals surface area contributed by atoms with E-state index in [-0.39, 0.29) is 30.8 Å². The summed E-state index contributed by atoms with van der Waals surface area (Å²) in [6.45, 7) is 4.98. The van der Waals surface area contributed by atoms with E-state index >= 15 is 0 Å². The van der Waals surface area contributed by atoms with Crippen molar-refractivity contribution in [3.8, 4) is 5.75 Å². The van der Waals surface area contributed by atoms with Gasteiger partial charge in [0.05, 0.1) is 23.4 Å². The summed E-state index contributed by atoms with van der Waals surface area (Å²) in [6, 6.07) is 7.43. The normalized spacial score (nSPS) is 16.3. The molecule has 1 saturated heterocycles. The Labute approximate surface area is 231 Å². The van der Waals surface area contributed by atoms with E-state index in [2.05, 4.69) is 20.2 Å². The van der Waals surface area contributed by atoms with Crippen LogP contribution in [0.2, 0.25) is 5.02 Å². The molecule has 2 aliphatic rings. The number of aliphatic hydroxyl groups is 1. The van der Waals surface area contributed by atoms with Gasteiger partial charge in [0.15, 0.2) is 17.9 Å². The van der Waals surface area contributed by atoms with Crippen molar-refractivity contribution in [1.82, 2.24) is 19.8 Å². The first-order chi connectivity index (χ1) is 18.9. The highest BCUT2D eigenvalue weighted by Gasteiger charge is 2.28. The SMILES string of the molecule is CC(=O)N1CC(Nc2cc(C(=O)CC[C@H](O)CN3CCc4c(ccc(OCc5cnco5)c4Cl)C3)ccn2)C1. The highest BCUT2D eigenvalue weighted by atomic mass is 35.5. The Morgan fingerprint density at radius 1 is 1.31 bits per heavy atom. The second-order valence-corrected chi connectivity index (χ2v) is 10.4. The predicted molar refractivity (Wildman–Crippen MR) is 145 cm³/mol. The van der Waals surface area contributed by atoms with Crippen LogP contribution in [0.5, 0.6) is 5.75 Å². The molecule has 39 heavy (non-hydrogen) atoms. The van der Waals surface area contributed by atoms with Gasteiger partial charge in [-0.3, -0.25) is 14.5 Å². The molecular formula is C28H32ClN5O5. The van der Waals surface area contributed by atoms with Gasteiger partial charge in [0.2, 0.25) is 5.91 Å². The molecule has 0 aliphatic carbocycles. The van der Waals surface area contributed by atoms with Crippen LogP contribution in [-0.2, 0) is 24.4 Å². The van der Waals surface area contributed by atoms with Crippen molar-refractivity contribution in [3.63, 3.8) is 0 Å². The summed E-state index contributed by atoms with van der Waals surface area (Å²) >= 11 is 6.63. The minimum atomic E-state index is -0.623. The van der Waals surface area contributed by atoms with Gasteiger partial charge in [-0.1, -0.05) is 17.7 Å². The average Bonchev–Trinajstić information content (AvgIpc) is 3.42. The lowest BCUT2D eigenvalue weighted by Gasteiger charge is -2.39. The third kappa shape index (κ3) is 6.76. The maximum atomic E-state index is 12.8. The zero-order valence-electron chi connectivity index (χ0n) is 21.8. The number of rotatable bonds is 11. The fourth-order valence-corrected chi connectivity index (χ4v) is 5.26. The number of hydrogen-bond donors (Lipinski definition) is 2. The third-order valence-corrected chi connectivity index (χ3v) is 7.58. The molecule has 0 unspecified atom stereocenters. The van der Waals surface area contributed by atoms with Gasteiger partial charge in [0, 0.05) is 57.8 Å². The minimum Gasteiger partial charge on any atom is -0.484 e. The van der Waals surface area contributed by atoms with E-state index in [4.69, 9.17) is 20.8 Å². The lowest BCUT2D eigenvalue weighted by Crippen LogP contribution is -2.56. The number of oxazole rings is 1. The number of ketones is 1. The topological polar surface area (TPSA) is 121 Å². The Morgan fingerprint density at radius 2 is 2.15 bits per heavy atom. The van der Waals surface area contributed by atoms with Crippen molar-refractivity contribution in [3.05, 3.63) is 70.5 Å². The largest absolute Gasteiger partial charge is 0.484 e. The number of nitrogens with zero attached hydrogens (tertiary/aromatic N) is 4. The Hall–Kier alpha value is -3.47. The number of benzene rings is 1. The molecule has 10 nitrogen and oxygen atoms in total. The van der Waals surface area contributed by atoms with E-state index in [1.54, 1.807) is 36.4 Å². The molecule has 0 spiro atoms. The van der Waals surface area contributed by atoms with Gasteiger partial charge in [-0.2, -0.15) is 0 Å². The molecule has 0 saturated carbocycles. The van der Waals surface area contributed by atoms with E-state index in [9.17, 15) is 14.7 Å². The number of carbonyl (C=O) groups excluding carboxylic acids is 2. The summed E-state index contributed by atoms with van der Waals surface area (Å²) in [5.74, 6) is 1.87. The Morgan fingerprint density at radius 3 is 2.92 bits per heavy atom. The van der Waals surface area contributed by atoms with Crippen LogP contribution in [0.1, 0.15) is 47.0 Å². The van der Waals surface area contributed by atoms with Crippen molar-refractivity contribution in [2.45, 2.75) is 51.5 Å². The number of aromatic nitrogens is 2. The predicted octanol–water partition coefficient (Wildman–Crippen LogP) is 3.33. The number of likely N-dealkylation sites (tertiary alicyclic amines) is 1. The first-order valence-electron chi connectivity index (χ1n) is 13.1. The number of halogens is 1. The molecule has 3 aromatic rings. The summed E-state index contributed by atoms with van der Waals surface area (Å²) in [6.07, 6.45) is 5.32. The second kappa shape index (κ2) is 12.1. The zero-order valence-corrected chi connectivity index (χ0v) is 22.6. The first kappa shape index (κ1) is 27.1. The third-order valence-electron chi connectivity index (χ3n) is 7.16. The lowest BCUT2D eigenvalue weighted by molar-refractivity contribution is -0.132. The highest BCUT2D eigenvalue weighted by Crippen LogP contribution is 2.34. The number of amides is 1. The molecular weight excluding hydrogens is 522 g/mol. The molecule has 5 rings (SSSR count). The molecule has 1 fully saturated rings. The van der Waals surface area contributed by atoms with Crippen molar-refractivity contribution in [1.29, 1.82) is 0 Å². The van der Waals surface area contributed by atoms with Crippen molar-refractivity contribution in [2.75, 3.05) is 31.5 Å². The lowest BCUT2D eigenvalue weighted by atomic mass is 9.98. The first-order valence-corrected chi connectivity index (χ1v) is 13.5. The fourth-order valence-electron chi connectivity index (χ4n) is 4.93. The van der Waals surface area contributed by atoms with Crippen LogP contribution in [0.3, 0.4) is 0 Å². The zero-order chi connectivity index (χ0) is 27.4. The van der Waals surface area contributed by atoms with Crippen LogP contribution < -0.4 is 10.1 Å². The number of Topliss-reactive ketones (excluding diaryl/α,β-unsaturated/α-hetero) is 1. The molecule has 11 heteroatoms. The number of pyridine rings is 1. The smallest absolute Gasteiger partial charge is 0.219 e. The maximum absolute atomic E-state index is 12.8. The van der Waals surface area contributed by atoms with Gasteiger partial charge in [-0.15, -0.1) is 0 Å².